The molecule has 0 bridgehead atoms. The highest BCUT2D eigenvalue weighted by atomic mass is 35.5. The number of halogens is 1. The lowest BCUT2D eigenvalue weighted by Crippen LogP contribution is -2.44. The standard InChI is InChI=1S/C18H21ClN2O4/c1-11-8-14(15(24-4)9-13(11)19)21-17(23)18(2,3)16(22)20-10-12-6-5-7-25-12/h5-9H,10H2,1-4H3,(H,20,22)(H,21,23). The third-order valence-corrected chi connectivity index (χ3v) is 4.27. The summed E-state index contributed by atoms with van der Waals surface area (Å²) >= 11 is 6.07. The monoisotopic (exact) mass is 364 g/mol. The molecule has 2 rings (SSSR count). The molecule has 134 valence electrons. The summed E-state index contributed by atoms with van der Waals surface area (Å²) < 4.78 is 10.4. The van der Waals surface area contributed by atoms with Crippen molar-refractivity contribution in [3.63, 3.8) is 0 Å². The molecule has 6 nitrogen and oxygen atoms in total. The first kappa shape index (κ1) is 18.9. The maximum Gasteiger partial charge on any atom is 0.239 e. The zero-order valence-corrected chi connectivity index (χ0v) is 15.4. The van der Waals surface area contributed by atoms with Crippen molar-refractivity contribution in [3.8, 4) is 5.75 Å². The van der Waals surface area contributed by atoms with Gasteiger partial charge < -0.3 is 19.8 Å². The van der Waals surface area contributed by atoms with Gasteiger partial charge in [0.05, 0.1) is 25.6 Å². The van der Waals surface area contributed by atoms with Crippen LogP contribution in [0.25, 0.3) is 0 Å². The van der Waals surface area contributed by atoms with E-state index in [9.17, 15) is 9.59 Å². The summed E-state index contributed by atoms with van der Waals surface area (Å²) in [5, 5.41) is 5.96. The molecule has 0 spiro atoms. The van der Waals surface area contributed by atoms with Crippen LogP contribution < -0.4 is 15.4 Å². The van der Waals surface area contributed by atoms with E-state index >= 15 is 0 Å². The third kappa shape index (κ3) is 4.33. The molecule has 1 aromatic heterocycles. The van der Waals surface area contributed by atoms with Gasteiger partial charge >= 0.3 is 0 Å². The minimum atomic E-state index is -1.29. The number of carbonyl (C=O) groups is 2. The van der Waals surface area contributed by atoms with Crippen molar-refractivity contribution < 1.29 is 18.7 Å². The molecule has 0 aliphatic heterocycles. The van der Waals surface area contributed by atoms with Crippen LogP contribution in [-0.4, -0.2) is 18.9 Å². The van der Waals surface area contributed by atoms with Crippen molar-refractivity contribution in [2.75, 3.05) is 12.4 Å². The molecule has 1 heterocycles. The van der Waals surface area contributed by atoms with Crippen LogP contribution in [0.4, 0.5) is 5.69 Å². The van der Waals surface area contributed by atoms with Gasteiger partial charge in [0.25, 0.3) is 0 Å². The van der Waals surface area contributed by atoms with E-state index in [1.807, 2.05) is 6.92 Å². The molecule has 0 saturated carbocycles. The number of furan rings is 1. The Hall–Kier alpha value is -2.47. The zero-order chi connectivity index (χ0) is 18.6. The summed E-state index contributed by atoms with van der Waals surface area (Å²) in [6.07, 6.45) is 1.52. The van der Waals surface area contributed by atoms with Crippen molar-refractivity contribution >= 4 is 29.1 Å². The Morgan fingerprint density at radius 1 is 1.28 bits per heavy atom. The van der Waals surface area contributed by atoms with Gasteiger partial charge in [-0.3, -0.25) is 9.59 Å². The Labute approximate surface area is 151 Å². The van der Waals surface area contributed by atoms with E-state index in [0.717, 1.165) is 5.56 Å². The highest BCUT2D eigenvalue weighted by Gasteiger charge is 2.36. The Balaban J connectivity index is 2.10. The Morgan fingerprint density at radius 3 is 2.60 bits per heavy atom. The molecule has 2 aromatic rings. The van der Waals surface area contributed by atoms with Gasteiger partial charge in [-0.2, -0.15) is 0 Å². The molecule has 2 N–H and O–H groups in total. The fraction of sp³-hybridized carbons (Fsp3) is 0.333. The van der Waals surface area contributed by atoms with Gasteiger partial charge in [0.1, 0.15) is 16.9 Å². The predicted octanol–water partition coefficient (Wildman–Crippen LogP) is 3.53. The minimum Gasteiger partial charge on any atom is -0.495 e. The maximum atomic E-state index is 12.6. The molecular formula is C18H21ClN2O4. The molecule has 2 amide bonds. The van der Waals surface area contributed by atoms with E-state index in [2.05, 4.69) is 10.6 Å². The van der Waals surface area contributed by atoms with Crippen molar-refractivity contribution in [1.82, 2.24) is 5.32 Å². The summed E-state index contributed by atoms with van der Waals surface area (Å²) in [5.74, 6) is 0.172. The second kappa shape index (κ2) is 7.61. The molecule has 25 heavy (non-hydrogen) atoms. The van der Waals surface area contributed by atoms with Gasteiger partial charge in [-0.05, 0) is 44.5 Å². The van der Waals surface area contributed by atoms with E-state index in [1.165, 1.54) is 13.4 Å². The quantitative estimate of drug-likeness (QED) is 0.768. The first-order chi connectivity index (χ1) is 11.8. The minimum absolute atomic E-state index is 0.214. The van der Waals surface area contributed by atoms with Gasteiger partial charge in [0.15, 0.2) is 0 Å². The van der Waals surface area contributed by atoms with Crippen LogP contribution in [0.2, 0.25) is 5.02 Å². The molecule has 0 saturated heterocycles. The Morgan fingerprint density at radius 2 is 2.00 bits per heavy atom. The lowest BCUT2D eigenvalue weighted by molar-refractivity contribution is -0.138. The second-order valence-electron chi connectivity index (χ2n) is 6.14. The maximum absolute atomic E-state index is 12.6. The number of nitrogens with one attached hydrogen (secondary N) is 2. The van der Waals surface area contributed by atoms with Gasteiger partial charge in [0.2, 0.25) is 11.8 Å². The first-order valence-electron chi connectivity index (χ1n) is 7.72. The number of anilines is 1. The number of ether oxygens (including phenoxy) is 1. The largest absolute Gasteiger partial charge is 0.495 e. The molecular weight excluding hydrogens is 344 g/mol. The van der Waals surface area contributed by atoms with Crippen LogP contribution in [0.5, 0.6) is 5.75 Å². The number of methoxy groups -OCH3 is 1. The van der Waals surface area contributed by atoms with Crippen LogP contribution in [0.3, 0.4) is 0 Å². The number of amides is 2. The van der Waals surface area contributed by atoms with E-state index in [0.29, 0.717) is 22.2 Å². The number of rotatable bonds is 6. The summed E-state index contributed by atoms with van der Waals surface area (Å²) in [6.45, 7) is 5.13. The van der Waals surface area contributed by atoms with Gasteiger partial charge in [-0.1, -0.05) is 11.6 Å². The first-order valence-corrected chi connectivity index (χ1v) is 8.09. The number of benzene rings is 1. The SMILES string of the molecule is COc1cc(Cl)c(C)cc1NC(=O)C(C)(C)C(=O)NCc1ccco1. The van der Waals surface area contributed by atoms with Gasteiger partial charge in [0, 0.05) is 11.1 Å². The molecule has 0 aliphatic carbocycles. The third-order valence-electron chi connectivity index (χ3n) is 3.87. The summed E-state index contributed by atoms with van der Waals surface area (Å²) in [4.78, 5) is 25.0. The second-order valence-corrected chi connectivity index (χ2v) is 6.55. The zero-order valence-electron chi connectivity index (χ0n) is 14.6. The molecule has 0 aliphatic rings. The average Bonchev–Trinajstić information content (AvgIpc) is 3.08. The average molecular weight is 365 g/mol. The highest BCUT2D eigenvalue weighted by Crippen LogP contribution is 2.32. The number of carbonyl (C=O) groups excluding carboxylic acids is 2. The summed E-state index contributed by atoms with van der Waals surface area (Å²) in [6, 6.07) is 6.80. The van der Waals surface area contributed by atoms with Crippen LogP contribution >= 0.6 is 11.6 Å². The smallest absolute Gasteiger partial charge is 0.239 e. The molecule has 1 aromatic carbocycles. The van der Waals surface area contributed by atoms with E-state index in [4.69, 9.17) is 20.8 Å². The van der Waals surface area contributed by atoms with Crippen LogP contribution in [0.1, 0.15) is 25.2 Å². The van der Waals surface area contributed by atoms with Crippen molar-refractivity contribution in [1.29, 1.82) is 0 Å². The lowest BCUT2D eigenvalue weighted by Gasteiger charge is -2.23. The normalized spacial score (nSPS) is 11.1. The topological polar surface area (TPSA) is 80.6 Å². The Bertz CT molecular complexity index is 770. The predicted molar refractivity (Wildman–Crippen MR) is 95.7 cm³/mol. The molecule has 0 unspecified atom stereocenters. The van der Waals surface area contributed by atoms with Crippen LogP contribution in [-0.2, 0) is 16.1 Å². The van der Waals surface area contributed by atoms with Gasteiger partial charge in [-0.15, -0.1) is 0 Å². The number of aryl methyl sites for hydroxylation is 1. The van der Waals surface area contributed by atoms with Crippen molar-refractivity contribution in [2.24, 2.45) is 5.41 Å². The van der Waals surface area contributed by atoms with Crippen LogP contribution in [0, 0.1) is 12.3 Å². The summed E-state index contributed by atoms with van der Waals surface area (Å²) in [5.41, 5.74) is -0.0373. The number of hydrogen-bond donors (Lipinski definition) is 2. The van der Waals surface area contributed by atoms with E-state index in [-0.39, 0.29) is 6.54 Å². The van der Waals surface area contributed by atoms with E-state index < -0.39 is 17.2 Å². The van der Waals surface area contributed by atoms with Crippen LogP contribution in [0.15, 0.2) is 34.9 Å². The lowest BCUT2D eigenvalue weighted by atomic mass is 9.91. The van der Waals surface area contributed by atoms with E-state index in [1.54, 1.807) is 38.1 Å². The molecule has 7 heteroatoms. The fourth-order valence-electron chi connectivity index (χ4n) is 2.11. The number of hydrogen-bond acceptors (Lipinski definition) is 4. The van der Waals surface area contributed by atoms with Crippen molar-refractivity contribution in [2.45, 2.75) is 27.3 Å². The fourth-order valence-corrected chi connectivity index (χ4v) is 2.27. The van der Waals surface area contributed by atoms with Crippen molar-refractivity contribution in [3.05, 3.63) is 46.9 Å². The summed E-state index contributed by atoms with van der Waals surface area (Å²) in [7, 11) is 1.48. The molecule has 0 atom stereocenters. The molecule has 0 fully saturated rings. The van der Waals surface area contributed by atoms with Gasteiger partial charge in [-0.25, -0.2) is 0 Å². The Kier molecular flexibility index (Phi) is 5.74. The highest BCUT2D eigenvalue weighted by molar-refractivity contribution is 6.31. The molecule has 0 radical (unpaired) electrons.